The Hall–Kier alpha value is -1.87. The molecule has 0 spiro atoms. The van der Waals surface area contributed by atoms with Crippen LogP contribution in [0.15, 0.2) is 36.0 Å². The molecule has 3 heteroatoms. The molecule has 1 aliphatic heterocycles. The maximum absolute atomic E-state index is 12.0. The lowest BCUT2D eigenvalue weighted by molar-refractivity contribution is -0.117. The summed E-state index contributed by atoms with van der Waals surface area (Å²) in [4.78, 5) is 14.2. The molecule has 0 amide bonds. The SMILES string of the molecule is CN1CCC(=O)/C(=C/c2cn(C)c3ccccc23)C1. The highest BCUT2D eigenvalue weighted by Crippen LogP contribution is 2.24. The number of nitrogens with zero attached hydrogens (tertiary/aromatic N) is 2. The standard InChI is InChI=1S/C16H18N2O/c1-17-8-7-16(19)13(10-17)9-12-11-18(2)15-6-4-3-5-14(12)15/h3-6,9,11H,7-8,10H2,1-2H3/b13-9+. The van der Waals surface area contributed by atoms with Crippen molar-refractivity contribution in [1.29, 1.82) is 0 Å². The van der Waals surface area contributed by atoms with Crippen LogP contribution < -0.4 is 0 Å². The summed E-state index contributed by atoms with van der Waals surface area (Å²) < 4.78 is 2.11. The molecule has 1 fully saturated rings. The number of fused-ring (bicyclic) bond motifs is 1. The van der Waals surface area contributed by atoms with Gasteiger partial charge in [0.15, 0.2) is 5.78 Å². The molecule has 3 nitrogen and oxygen atoms in total. The number of hydrogen-bond acceptors (Lipinski definition) is 2. The van der Waals surface area contributed by atoms with Crippen molar-refractivity contribution in [3.8, 4) is 0 Å². The van der Waals surface area contributed by atoms with Gasteiger partial charge >= 0.3 is 0 Å². The van der Waals surface area contributed by atoms with Crippen molar-refractivity contribution < 1.29 is 4.79 Å². The summed E-state index contributed by atoms with van der Waals surface area (Å²) >= 11 is 0. The van der Waals surface area contributed by atoms with Crippen LogP contribution in [-0.2, 0) is 11.8 Å². The van der Waals surface area contributed by atoms with Crippen LogP contribution in [0.5, 0.6) is 0 Å². The number of carbonyl (C=O) groups is 1. The smallest absolute Gasteiger partial charge is 0.161 e. The number of benzene rings is 1. The van der Waals surface area contributed by atoms with Gasteiger partial charge in [-0.1, -0.05) is 18.2 Å². The molecule has 98 valence electrons. The van der Waals surface area contributed by atoms with E-state index >= 15 is 0 Å². The first-order valence-electron chi connectivity index (χ1n) is 6.61. The molecule has 0 atom stereocenters. The van der Waals surface area contributed by atoms with E-state index < -0.39 is 0 Å². The zero-order valence-electron chi connectivity index (χ0n) is 11.4. The summed E-state index contributed by atoms with van der Waals surface area (Å²) in [6.45, 7) is 1.62. The van der Waals surface area contributed by atoms with Crippen LogP contribution in [0.2, 0.25) is 0 Å². The van der Waals surface area contributed by atoms with Gasteiger partial charge in [-0.3, -0.25) is 4.79 Å². The molecule has 1 aromatic heterocycles. The molecular formula is C16H18N2O. The van der Waals surface area contributed by atoms with E-state index in [1.54, 1.807) is 0 Å². The second-order valence-electron chi connectivity index (χ2n) is 5.29. The number of likely N-dealkylation sites (N-methyl/N-ethyl adjacent to an activating group) is 1. The molecule has 0 bridgehead atoms. The van der Waals surface area contributed by atoms with Crippen LogP contribution >= 0.6 is 0 Å². The molecule has 1 aliphatic rings. The fourth-order valence-corrected chi connectivity index (χ4v) is 2.71. The summed E-state index contributed by atoms with van der Waals surface area (Å²) in [5, 5.41) is 1.21. The highest BCUT2D eigenvalue weighted by atomic mass is 16.1. The number of hydrogen-bond donors (Lipinski definition) is 0. The van der Waals surface area contributed by atoms with Gasteiger partial charge in [0.2, 0.25) is 0 Å². The average molecular weight is 254 g/mol. The molecule has 19 heavy (non-hydrogen) atoms. The topological polar surface area (TPSA) is 25.2 Å². The molecule has 1 saturated heterocycles. The van der Waals surface area contributed by atoms with Crippen molar-refractivity contribution in [3.63, 3.8) is 0 Å². The van der Waals surface area contributed by atoms with Crippen molar-refractivity contribution in [3.05, 3.63) is 41.6 Å². The Balaban J connectivity index is 2.07. The average Bonchev–Trinajstić information content (AvgIpc) is 2.72. The molecule has 0 aliphatic carbocycles. The van der Waals surface area contributed by atoms with Crippen molar-refractivity contribution >= 4 is 22.8 Å². The van der Waals surface area contributed by atoms with Gasteiger partial charge < -0.3 is 9.47 Å². The maximum atomic E-state index is 12.0. The monoisotopic (exact) mass is 254 g/mol. The van der Waals surface area contributed by atoms with E-state index in [4.69, 9.17) is 0 Å². The number of aryl methyl sites for hydroxylation is 1. The minimum absolute atomic E-state index is 0.283. The van der Waals surface area contributed by atoms with Gasteiger partial charge in [-0.15, -0.1) is 0 Å². The third-order valence-corrected chi connectivity index (χ3v) is 3.78. The van der Waals surface area contributed by atoms with Crippen LogP contribution in [0.3, 0.4) is 0 Å². The molecule has 0 radical (unpaired) electrons. The van der Waals surface area contributed by atoms with E-state index in [0.717, 1.165) is 24.2 Å². The largest absolute Gasteiger partial charge is 0.350 e. The van der Waals surface area contributed by atoms with Crippen molar-refractivity contribution in [1.82, 2.24) is 9.47 Å². The molecule has 0 unspecified atom stereocenters. The number of Topliss-reactive ketones (excluding diaryl/α,β-unsaturated/α-hetero) is 1. The van der Waals surface area contributed by atoms with E-state index in [0.29, 0.717) is 6.42 Å². The van der Waals surface area contributed by atoms with Gasteiger partial charge in [0, 0.05) is 54.8 Å². The Morgan fingerprint density at radius 2 is 2.00 bits per heavy atom. The molecule has 0 saturated carbocycles. The van der Waals surface area contributed by atoms with E-state index in [1.807, 2.05) is 19.2 Å². The van der Waals surface area contributed by atoms with Gasteiger partial charge in [0.05, 0.1) is 0 Å². The van der Waals surface area contributed by atoms with Crippen LogP contribution in [0.25, 0.3) is 17.0 Å². The molecular weight excluding hydrogens is 236 g/mol. The fraction of sp³-hybridized carbons (Fsp3) is 0.312. The van der Waals surface area contributed by atoms with Crippen molar-refractivity contribution in [2.75, 3.05) is 20.1 Å². The number of para-hydroxylation sites is 1. The quantitative estimate of drug-likeness (QED) is 0.730. The van der Waals surface area contributed by atoms with E-state index in [2.05, 4.69) is 40.9 Å². The first kappa shape index (κ1) is 12.2. The van der Waals surface area contributed by atoms with Crippen molar-refractivity contribution in [2.45, 2.75) is 6.42 Å². The van der Waals surface area contributed by atoms with Gasteiger partial charge in [0.25, 0.3) is 0 Å². The summed E-state index contributed by atoms with van der Waals surface area (Å²) in [6, 6.07) is 8.29. The van der Waals surface area contributed by atoms with Crippen molar-refractivity contribution in [2.24, 2.45) is 7.05 Å². The first-order valence-corrected chi connectivity index (χ1v) is 6.61. The lowest BCUT2D eigenvalue weighted by Crippen LogP contribution is -2.32. The summed E-state index contributed by atoms with van der Waals surface area (Å²) in [7, 11) is 4.10. The minimum atomic E-state index is 0.283. The van der Waals surface area contributed by atoms with Gasteiger partial charge in [-0.25, -0.2) is 0 Å². The fourth-order valence-electron chi connectivity index (χ4n) is 2.71. The molecule has 2 heterocycles. The summed E-state index contributed by atoms with van der Waals surface area (Å²) in [5.74, 6) is 0.283. The third-order valence-electron chi connectivity index (χ3n) is 3.78. The highest BCUT2D eigenvalue weighted by molar-refractivity contribution is 6.03. The van der Waals surface area contributed by atoms with E-state index in [-0.39, 0.29) is 5.78 Å². The number of piperidine rings is 1. The Morgan fingerprint density at radius 3 is 2.84 bits per heavy atom. The van der Waals surface area contributed by atoms with Crippen LogP contribution in [-0.4, -0.2) is 35.4 Å². The predicted octanol–water partition coefficient (Wildman–Crippen LogP) is 2.47. The second kappa shape index (κ2) is 4.67. The Kier molecular flexibility index (Phi) is 2.99. The minimum Gasteiger partial charge on any atom is -0.350 e. The molecule has 0 N–H and O–H groups in total. The maximum Gasteiger partial charge on any atom is 0.161 e. The number of carbonyl (C=O) groups excluding carboxylic acids is 1. The lowest BCUT2D eigenvalue weighted by Gasteiger charge is -2.23. The second-order valence-corrected chi connectivity index (χ2v) is 5.29. The third kappa shape index (κ3) is 2.22. The Labute approximate surface area is 113 Å². The number of likely N-dealkylation sites (tertiary alicyclic amines) is 1. The number of aromatic nitrogens is 1. The molecule has 2 aromatic rings. The summed E-state index contributed by atoms with van der Waals surface area (Å²) in [5.41, 5.74) is 3.26. The van der Waals surface area contributed by atoms with Crippen LogP contribution in [0.4, 0.5) is 0 Å². The zero-order chi connectivity index (χ0) is 13.4. The molecule has 3 rings (SSSR count). The zero-order valence-corrected chi connectivity index (χ0v) is 11.4. The van der Waals surface area contributed by atoms with E-state index in [1.165, 1.54) is 10.9 Å². The first-order chi connectivity index (χ1) is 9.15. The Morgan fingerprint density at radius 1 is 1.21 bits per heavy atom. The van der Waals surface area contributed by atoms with Crippen LogP contribution in [0, 0.1) is 0 Å². The van der Waals surface area contributed by atoms with E-state index in [9.17, 15) is 4.79 Å². The number of rotatable bonds is 1. The highest BCUT2D eigenvalue weighted by Gasteiger charge is 2.19. The predicted molar refractivity (Wildman–Crippen MR) is 78.0 cm³/mol. The van der Waals surface area contributed by atoms with Gasteiger partial charge in [-0.2, -0.15) is 0 Å². The number of ketones is 1. The molecule has 1 aromatic carbocycles. The summed E-state index contributed by atoms with van der Waals surface area (Å²) in [6.07, 6.45) is 4.78. The normalized spacial score (nSPS) is 19.5. The lowest BCUT2D eigenvalue weighted by atomic mass is 10.0. The van der Waals surface area contributed by atoms with Crippen LogP contribution in [0.1, 0.15) is 12.0 Å². The van der Waals surface area contributed by atoms with Gasteiger partial charge in [-0.05, 0) is 19.2 Å². The Bertz CT molecular complexity index is 666. The van der Waals surface area contributed by atoms with Gasteiger partial charge in [0.1, 0.15) is 0 Å².